The maximum Gasteiger partial charge on any atom is 0.354 e. The number of carboxylic acid groups (broad SMARTS) is 1. The van der Waals surface area contributed by atoms with Gasteiger partial charge in [-0.3, -0.25) is 0 Å². The molecule has 0 amide bonds. The topological polar surface area (TPSA) is 50.2 Å². The molecule has 1 rings (SSSR count). The van der Waals surface area contributed by atoms with Crippen LogP contribution in [0.5, 0.6) is 0 Å². The third kappa shape index (κ3) is 5.48. The van der Waals surface area contributed by atoms with E-state index in [1.54, 1.807) is 12.3 Å². The zero-order valence-electron chi connectivity index (χ0n) is 10.5. The maximum absolute atomic E-state index is 10.6. The predicted octanol–water partition coefficient (Wildman–Crippen LogP) is 3.68. The molecule has 0 atom stereocenters. The van der Waals surface area contributed by atoms with Crippen molar-refractivity contribution in [3.05, 3.63) is 29.6 Å². The molecule has 17 heavy (non-hydrogen) atoms. The van der Waals surface area contributed by atoms with Crippen molar-refractivity contribution in [2.75, 3.05) is 0 Å². The van der Waals surface area contributed by atoms with E-state index in [0.717, 1.165) is 18.4 Å². The molecule has 1 aromatic heterocycles. The van der Waals surface area contributed by atoms with Crippen LogP contribution in [0.15, 0.2) is 18.3 Å². The zero-order valence-corrected chi connectivity index (χ0v) is 10.5. The van der Waals surface area contributed by atoms with Gasteiger partial charge in [0.1, 0.15) is 5.69 Å². The smallest absolute Gasteiger partial charge is 0.354 e. The summed E-state index contributed by atoms with van der Waals surface area (Å²) in [4.78, 5) is 14.5. The van der Waals surface area contributed by atoms with E-state index in [1.165, 1.54) is 32.1 Å². The second kappa shape index (κ2) is 7.82. The summed E-state index contributed by atoms with van der Waals surface area (Å²) in [6, 6.07) is 3.44. The minimum absolute atomic E-state index is 0.122. The quantitative estimate of drug-likeness (QED) is 0.699. The van der Waals surface area contributed by atoms with Crippen LogP contribution in [0.1, 0.15) is 61.5 Å². The molecule has 0 fully saturated rings. The van der Waals surface area contributed by atoms with Gasteiger partial charge in [0.2, 0.25) is 0 Å². The minimum Gasteiger partial charge on any atom is -0.477 e. The number of aromatic nitrogens is 1. The van der Waals surface area contributed by atoms with Crippen LogP contribution in [0.3, 0.4) is 0 Å². The van der Waals surface area contributed by atoms with Crippen molar-refractivity contribution in [3.63, 3.8) is 0 Å². The Labute approximate surface area is 103 Å². The molecule has 0 bridgehead atoms. The van der Waals surface area contributed by atoms with Gasteiger partial charge in [-0.15, -0.1) is 0 Å². The molecule has 1 heterocycles. The van der Waals surface area contributed by atoms with E-state index in [2.05, 4.69) is 11.9 Å². The normalized spacial score (nSPS) is 10.4. The van der Waals surface area contributed by atoms with Crippen LogP contribution in [-0.4, -0.2) is 16.1 Å². The Kier molecular flexibility index (Phi) is 6.30. The van der Waals surface area contributed by atoms with Crippen LogP contribution < -0.4 is 0 Å². The molecule has 1 N–H and O–H groups in total. The molecule has 0 spiro atoms. The highest BCUT2D eigenvalue weighted by molar-refractivity contribution is 5.85. The van der Waals surface area contributed by atoms with Crippen molar-refractivity contribution >= 4 is 5.97 Å². The summed E-state index contributed by atoms with van der Waals surface area (Å²) in [6.07, 6.45) is 10.3. The monoisotopic (exact) mass is 235 g/mol. The Hall–Kier alpha value is -1.38. The van der Waals surface area contributed by atoms with Gasteiger partial charge in [0.25, 0.3) is 0 Å². The maximum atomic E-state index is 10.6. The van der Waals surface area contributed by atoms with E-state index in [4.69, 9.17) is 5.11 Å². The van der Waals surface area contributed by atoms with Gasteiger partial charge in [-0.25, -0.2) is 9.78 Å². The van der Waals surface area contributed by atoms with Crippen molar-refractivity contribution in [2.45, 2.75) is 51.9 Å². The highest BCUT2D eigenvalue weighted by atomic mass is 16.4. The highest BCUT2D eigenvalue weighted by Crippen LogP contribution is 2.09. The van der Waals surface area contributed by atoms with Gasteiger partial charge in [0.05, 0.1) is 0 Å². The fourth-order valence-corrected chi connectivity index (χ4v) is 1.81. The summed E-state index contributed by atoms with van der Waals surface area (Å²) in [6.45, 7) is 2.22. The first-order valence-corrected chi connectivity index (χ1v) is 6.42. The summed E-state index contributed by atoms with van der Waals surface area (Å²) in [5.41, 5.74) is 1.25. The third-order valence-electron chi connectivity index (χ3n) is 2.86. The van der Waals surface area contributed by atoms with Crippen LogP contribution in [0.2, 0.25) is 0 Å². The van der Waals surface area contributed by atoms with Gasteiger partial charge in [-0.2, -0.15) is 0 Å². The van der Waals surface area contributed by atoms with Gasteiger partial charge in [-0.1, -0.05) is 45.1 Å². The van der Waals surface area contributed by atoms with Crippen LogP contribution in [-0.2, 0) is 6.42 Å². The molecule has 0 saturated heterocycles. The van der Waals surface area contributed by atoms with Crippen molar-refractivity contribution in [3.8, 4) is 0 Å². The molecule has 94 valence electrons. The van der Waals surface area contributed by atoms with Crippen molar-refractivity contribution < 1.29 is 9.90 Å². The molecule has 3 nitrogen and oxygen atoms in total. The molecule has 3 heteroatoms. The van der Waals surface area contributed by atoms with Crippen LogP contribution in [0.25, 0.3) is 0 Å². The summed E-state index contributed by atoms with van der Waals surface area (Å²) in [7, 11) is 0. The van der Waals surface area contributed by atoms with E-state index in [9.17, 15) is 4.79 Å². The molecule has 1 aromatic rings. The number of aromatic carboxylic acids is 1. The van der Waals surface area contributed by atoms with Gasteiger partial charge >= 0.3 is 5.97 Å². The fourth-order valence-electron chi connectivity index (χ4n) is 1.81. The lowest BCUT2D eigenvalue weighted by molar-refractivity contribution is 0.0690. The number of hydrogen-bond acceptors (Lipinski definition) is 2. The second-order valence-corrected chi connectivity index (χ2v) is 4.37. The molecule has 0 unspecified atom stereocenters. The number of hydrogen-bond donors (Lipinski definition) is 1. The minimum atomic E-state index is -0.962. The van der Waals surface area contributed by atoms with Crippen LogP contribution >= 0.6 is 0 Å². The fraction of sp³-hybridized carbons (Fsp3) is 0.571. The third-order valence-corrected chi connectivity index (χ3v) is 2.86. The Balaban J connectivity index is 2.21. The van der Waals surface area contributed by atoms with E-state index in [1.807, 2.05) is 6.07 Å². The van der Waals surface area contributed by atoms with E-state index in [0.29, 0.717) is 0 Å². The Morgan fingerprint density at radius 1 is 1.18 bits per heavy atom. The van der Waals surface area contributed by atoms with Crippen molar-refractivity contribution in [1.82, 2.24) is 4.98 Å². The number of rotatable bonds is 8. The summed E-state index contributed by atoms with van der Waals surface area (Å²) < 4.78 is 0. The molecular formula is C14H21NO2. The van der Waals surface area contributed by atoms with Crippen molar-refractivity contribution in [1.29, 1.82) is 0 Å². The second-order valence-electron chi connectivity index (χ2n) is 4.37. The first kappa shape index (κ1) is 13.7. The van der Waals surface area contributed by atoms with E-state index >= 15 is 0 Å². The lowest BCUT2D eigenvalue weighted by atomic mass is 10.1. The highest BCUT2D eigenvalue weighted by Gasteiger charge is 2.03. The lowest BCUT2D eigenvalue weighted by Crippen LogP contribution is -2.00. The first-order valence-electron chi connectivity index (χ1n) is 6.42. The van der Waals surface area contributed by atoms with Gasteiger partial charge in [-0.05, 0) is 24.5 Å². The number of aryl methyl sites for hydroxylation is 1. The number of pyridine rings is 1. The van der Waals surface area contributed by atoms with E-state index < -0.39 is 5.97 Å². The lowest BCUT2D eigenvalue weighted by Gasteiger charge is -2.02. The standard InChI is InChI=1S/C14H21NO2/c1-2-3-4-5-6-7-8-12-9-10-13(14(16)17)15-11-12/h9-11H,2-8H2,1H3,(H,16,17). The molecule has 0 aliphatic heterocycles. The molecule has 0 saturated carbocycles. The molecular weight excluding hydrogens is 214 g/mol. The largest absolute Gasteiger partial charge is 0.477 e. The number of carboxylic acids is 1. The summed E-state index contributed by atoms with van der Waals surface area (Å²) >= 11 is 0. The number of carbonyl (C=O) groups is 1. The van der Waals surface area contributed by atoms with Gasteiger partial charge in [0, 0.05) is 6.20 Å². The SMILES string of the molecule is CCCCCCCCc1ccc(C(=O)O)nc1. The molecule has 0 radical (unpaired) electrons. The van der Waals surface area contributed by atoms with E-state index in [-0.39, 0.29) is 5.69 Å². The predicted molar refractivity (Wildman–Crippen MR) is 68.3 cm³/mol. The van der Waals surface area contributed by atoms with Crippen LogP contribution in [0.4, 0.5) is 0 Å². The van der Waals surface area contributed by atoms with Crippen molar-refractivity contribution in [2.24, 2.45) is 0 Å². The molecule has 0 aliphatic carbocycles. The van der Waals surface area contributed by atoms with Gasteiger partial charge in [0.15, 0.2) is 0 Å². The number of nitrogens with zero attached hydrogens (tertiary/aromatic N) is 1. The summed E-state index contributed by atoms with van der Waals surface area (Å²) in [5.74, 6) is -0.962. The average Bonchev–Trinajstić information content (AvgIpc) is 2.34. The van der Waals surface area contributed by atoms with Gasteiger partial charge < -0.3 is 5.11 Å². The first-order chi connectivity index (χ1) is 8.24. The average molecular weight is 235 g/mol. The Bertz CT molecular complexity index is 333. The number of unbranched alkanes of at least 4 members (excludes halogenated alkanes) is 5. The zero-order chi connectivity index (χ0) is 12.5. The molecule has 0 aliphatic rings. The Morgan fingerprint density at radius 3 is 2.47 bits per heavy atom. The van der Waals surface area contributed by atoms with Crippen LogP contribution in [0, 0.1) is 0 Å². The molecule has 0 aromatic carbocycles. The summed E-state index contributed by atoms with van der Waals surface area (Å²) in [5, 5.41) is 8.71. The Morgan fingerprint density at radius 2 is 1.88 bits per heavy atom.